The van der Waals surface area contributed by atoms with Crippen LogP contribution >= 0.6 is 0 Å². The van der Waals surface area contributed by atoms with E-state index in [2.05, 4.69) is 0 Å². The first-order valence-corrected chi connectivity index (χ1v) is 5.33. The molecule has 0 aromatic heterocycles. The minimum Gasteiger partial charge on any atom is -0.507 e. The fourth-order valence-corrected chi connectivity index (χ4v) is 1.52. The smallest absolute Gasteiger partial charge is 0.323 e. The number of carbonyl (C=O) groups is 3. The number of nitrogens with zero attached hydrogens (tertiary/aromatic N) is 1. The Bertz CT molecular complexity index is 509. The number of carbonyl (C=O) groups excluding carboxylic acids is 1. The normalized spacial score (nSPS) is 9.95. The SMILES string of the molecule is Cc1ccc(O)c(C(=O)N(CC(=O)O)CC(=O)O)c1. The first-order chi connectivity index (χ1) is 8.81. The Kier molecular flexibility index (Phi) is 4.46. The van der Waals surface area contributed by atoms with E-state index >= 15 is 0 Å². The van der Waals surface area contributed by atoms with Crippen LogP contribution in [0.15, 0.2) is 18.2 Å². The van der Waals surface area contributed by atoms with Crippen molar-refractivity contribution < 1.29 is 29.7 Å². The van der Waals surface area contributed by atoms with Crippen molar-refractivity contribution in [3.63, 3.8) is 0 Å². The van der Waals surface area contributed by atoms with E-state index in [9.17, 15) is 19.5 Å². The maximum atomic E-state index is 12.0. The van der Waals surface area contributed by atoms with Gasteiger partial charge < -0.3 is 20.2 Å². The van der Waals surface area contributed by atoms with Gasteiger partial charge in [-0.05, 0) is 19.1 Å². The zero-order valence-electron chi connectivity index (χ0n) is 10.2. The number of hydrogen-bond acceptors (Lipinski definition) is 4. The summed E-state index contributed by atoms with van der Waals surface area (Å²) in [5, 5.41) is 26.9. The Labute approximate surface area is 108 Å². The van der Waals surface area contributed by atoms with Gasteiger partial charge in [-0.1, -0.05) is 11.6 Å². The molecule has 0 saturated heterocycles. The highest BCUT2D eigenvalue weighted by Gasteiger charge is 2.23. The molecule has 1 aromatic carbocycles. The second kappa shape index (κ2) is 5.85. The number of aryl methyl sites for hydroxylation is 1. The predicted octanol–water partition coefficient (Wildman–Crippen LogP) is 0.312. The maximum Gasteiger partial charge on any atom is 0.323 e. The summed E-state index contributed by atoms with van der Waals surface area (Å²) >= 11 is 0. The molecular formula is C12H13NO6. The minimum atomic E-state index is -1.33. The summed E-state index contributed by atoms with van der Waals surface area (Å²) in [5.74, 6) is -3.83. The predicted molar refractivity (Wildman–Crippen MR) is 64.0 cm³/mol. The molecule has 0 radical (unpaired) electrons. The summed E-state index contributed by atoms with van der Waals surface area (Å²) < 4.78 is 0. The average molecular weight is 267 g/mol. The van der Waals surface area contributed by atoms with Crippen molar-refractivity contribution in [2.75, 3.05) is 13.1 Å². The Morgan fingerprint density at radius 3 is 2.11 bits per heavy atom. The number of amides is 1. The van der Waals surface area contributed by atoms with Gasteiger partial charge in [-0.25, -0.2) is 0 Å². The van der Waals surface area contributed by atoms with Crippen molar-refractivity contribution in [3.05, 3.63) is 29.3 Å². The molecule has 0 atom stereocenters. The van der Waals surface area contributed by atoms with Crippen LogP contribution < -0.4 is 0 Å². The van der Waals surface area contributed by atoms with Crippen molar-refractivity contribution >= 4 is 17.8 Å². The van der Waals surface area contributed by atoms with Crippen molar-refractivity contribution in [2.45, 2.75) is 6.92 Å². The van der Waals surface area contributed by atoms with E-state index in [1.807, 2.05) is 0 Å². The van der Waals surface area contributed by atoms with Crippen LogP contribution in [0, 0.1) is 6.92 Å². The summed E-state index contributed by atoms with van der Waals surface area (Å²) in [6.45, 7) is 0.186. The van der Waals surface area contributed by atoms with Crippen LogP contribution in [0.1, 0.15) is 15.9 Å². The number of phenols is 1. The number of benzene rings is 1. The molecule has 1 rings (SSSR count). The summed E-state index contributed by atoms with van der Waals surface area (Å²) in [4.78, 5) is 33.9. The van der Waals surface area contributed by atoms with Gasteiger partial charge in [0.1, 0.15) is 18.8 Å². The molecule has 1 aromatic rings. The van der Waals surface area contributed by atoms with Gasteiger partial charge in [0.05, 0.1) is 5.56 Å². The van der Waals surface area contributed by atoms with Crippen LogP contribution in [0.4, 0.5) is 0 Å². The van der Waals surface area contributed by atoms with E-state index in [1.165, 1.54) is 12.1 Å². The van der Waals surface area contributed by atoms with Crippen molar-refractivity contribution in [1.29, 1.82) is 0 Å². The van der Waals surface area contributed by atoms with Crippen LogP contribution in [-0.2, 0) is 9.59 Å². The molecule has 0 aliphatic rings. The van der Waals surface area contributed by atoms with Gasteiger partial charge >= 0.3 is 11.9 Å². The molecular weight excluding hydrogens is 254 g/mol. The number of aliphatic carboxylic acids is 2. The van der Waals surface area contributed by atoms with Crippen LogP contribution in [0.25, 0.3) is 0 Å². The molecule has 3 N–H and O–H groups in total. The molecule has 0 spiro atoms. The van der Waals surface area contributed by atoms with E-state index in [0.29, 0.717) is 10.5 Å². The molecule has 102 valence electrons. The van der Waals surface area contributed by atoms with Crippen LogP contribution in [0.3, 0.4) is 0 Å². The summed E-state index contributed by atoms with van der Waals surface area (Å²) in [6.07, 6.45) is 0. The van der Waals surface area contributed by atoms with Gasteiger partial charge in [-0.2, -0.15) is 0 Å². The standard InChI is InChI=1S/C12H13NO6/c1-7-2-3-9(14)8(4-7)12(19)13(5-10(15)16)6-11(17)18/h2-4,14H,5-6H2,1H3,(H,15,16)(H,17,18). The molecule has 0 saturated carbocycles. The Morgan fingerprint density at radius 2 is 1.63 bits per heavy atom. The van der Waals surface area contributed by atoms with Gasteiger partial charge in [0.2, 0.25) is 0 Å². The third-order valence-electron chi connectivity index (χ3n) is 2.32. The zero-order chi connectivity index (χ0) is 14.6. The molecule has 7 nitrogen and oxygen atoms in total. The largest absolute Gasteiger partial charge is 0.507 e. The number of phenolic OH excluding ortho intramolecular Hbond substituents is 1. The van der Waals surface area contributed by atoms with E-state index in [0.717, 1.165) is 0 Å². The molecule has 0 fully saturated rings. The molecule has 0 aliphatic carbocycles. The number of carboxylic acids is 2. The van der Waals surface area contributed by atoms with Crippen LogP contribution in [0.5, 0.6) is 5.75 Å². The Morgan fingerprint density at radius 1 is 1.11 bits per heavy atom. The lowest BCUT2D eigenvalue weighted by atomic mass is 10.1. The lowest BCUT2D eigenvalue weighted by Gasteiger charge is -2.19. The van der Waals surface area contributed by atoms with Crippen LogP contribution in [-0.4, -0.2) is 51.2 Å². The maximum absolute atomic E-state index is 12.0. The van der Waals surface area contributed by atoms with Gasteiger partial charge in [0, 0.05) is 0 Å². The highest BCUT2D eigenvalue weighted by molar-refractivity contribution is 5.99. The molecule has 0 bridgehead atoms. The first kappa shape index (κ1) is 14.5. The molecule has 1 amide bonds. The quantitative estimate of drug-likeness (QED) is 0.707. The third kappa shape index (κ3) is 3.98. The number of carboxylic acid groups (broad SMARTS) is 2. The average Bonchev–Trinajstić information content (AvgIpc) is 2.29. The van der Waals surface area contributed by atoms with E-state index in [4.69, 9.17) is 10.2 Å². The molecule has 7 heteroatoms. The summed E-state index contributed by atoms with van der Waals surface area (Å²) in [7, 11) is 0. The lowest BCUT2D eigenvalue weighted by molar-refractivity contribution is -0.140. The van der Waals surface area contributed by atoms with Gasteiger partial charge in [0.25, 0.3) is 5.91 Å². The fraction of sp³-hybridized carbons (Fsp3) is 0.250. The van der Waals surface area contributed by atoms with E-state index in [-0.39, 0.29) is 11.3 Å². The minimum absolute atomic E-state index is 0.123. The zero-order valence-corrected chi connectivity index (χ0v) is 10.2. The van der Waals surface area contributed by atoms with Gasteiger partial charge in [-0.15, -0.1) is 0 Å². The molecule has 19 heavy (non-hydrogen) atoms. The first-order valence-electron chi connectivity index (χ1n) is 5.33. The van der Waals surface area contributed by atoms with Crippen molar-refractivity contribution in [2.24, 2.45) is 0 Å². The molecule has 0 unspecified atom stereocenters. The summed E-state index contributed by atoms with van der Waals surface area (Å²) in [6, 6.07) is 4.24. The topological polar surface area (TPSA) is 115 Å². The fourth-order valence-electron chi connectivity index (χ4n) is 1.52. The monoisotopic (exact) mass is 267 g/mol. The van der Waals surface area contributed by atoms with Crippen molar-refractivity contribution in [3.8, 4) is 5.75 Å². The second-order valence-electron chi connectivity index (χ2n) is 3.97. The van der Waals surface area contributed by atoms with Crippen LogP contribution in [0.2, 0.25) is 0 Å². The number of hydrogen-bond donors (Lipinski definition) is 3. The lowest BCUT2D eigenvalue weighted by Crippen LogP contribution is -2.39. The number of aromatic hydroxyl groups is 1. The van der Waals surface area contributed by atoms with Gasteiger partial charge in [-0.3, -0.25) is 14.4 Å². The Hall–Kier alpha value is -2.57. The highest BCUT2D eigenvalue weighted by atomic mass is 16.4. The Balaban J connectivity index is 3.07. The third-order valence-corrected chi connectivity index (χ3v) is 2.32. The number of rotatable bonds is 5. The highest BCUT2D eigenvalue weighted by Crippen LogP contribution is 2.20. The van der Waals surface area contributed by atoms with Crippen molar-refractivity contribution in [1.82, 2.24) is 4.90 Å². The molecule has 0 heterocycles. The van der Waals surface area contributed by atoms with E-state index in [1.54, 1.807) is 13.0 Å². The molecule has 0 aliphatic heterocycles. The second-order valence-corrected chi connectivity index (χ2v) is 3.97. The summed E-state index contributed by atoms with van der Waals surface area (Å²) in [5.41, 5.74) is 0.564. The van der Waals surface area contributed by atoms with E-state index < -0.39 is 30.9 Å². The van der Waals surface area contributed by atoms with Gasteiger partial charge in [0.15, 0.2) is 0 Å².